The van der Waals surface area contributed by atoms with Crippen LogP contribution in [0.3, 0.4) is 0 Å². The van der Waals surface area contributed by atoms with Crippen LogP contribution in [0.15, 0.2) is 29.3 Å². The lowest BCUT2D eigenvalue weighted by Crippen LogP contribution is -2.38. The Hall–Kier alpha value is -1.51. The Kier molecular flexibility index (Phi) is 10.3. The van der Waals surface area contributed by atoms with Gasteiger partial charge in [-0.15, -0.1) is 24.0 Å². The number of rotatable bonds is 7. The average Bonchev–Trinajstić information content (AvgIpc) is 2.49. The quantitative estimate of drug-likeness (QED) is 0.271. The van der Waals surface area contributed by atoms with Gasteiger partial charge in [-0.2, -0.15) is 0 Å². The van der Waals surface area contributed by atoms with E-state index in [9.17, 15) is 4.79 Å². The second kappa shape index (κ2) is 11.1. The fourth-order valence-electron chi connectivity index (χ4n) is 1.57. The molecule has 22 heavy (non-hydrogen) atoms. The number of nitrogens with two attached hydrogens (primary N) is 1. The molecule has 0 fully saturated rings. The van der Waals surface area contributed by atoms with E-state index >= 15 is 0 Å². The maximum atomic E-state index is 11.9. The third-order valence-electron chi connectivity index (χ3n) is 2.68. The number of methoxy groups -OCH3 is 1. The topological polar surface area (TPSA) is 88.7 Å². The Morgan fingerprint density at radius 1 is 1.32 bits per heavy atom. The molecule has 0 saturated heterocycles. The molecule has 0 atom stereocenters. The van der Waals surface area contributed by atoms with Crippen LogP contribution in [0.2, 0.25) is 0 Å². The van der Waals surface area contributed by atoms with Gasteiger partial charge in [-0.05, 0) is 24.1 Å². The molecule has 0 aliphatic rings. The number of nitrogens with zero attached hydrogens (tertiary/aromatic N) is 1. The fourth-order valence-corrected chi connectivity index (χ4v) is 1.57. The Morgan fingerprint density at radius 3 is 2.64 bits per heavy atom. The minimum absolute atomic E-state index is 0. The molecule has 0 saturated carbocycles. The summed E-state index contributed by atoms with van der Waals surface area (Å²) in [4.78, 5) is 16.1. The maximum Gasteiger partial charge on any atom is 0.251 e. The molecule has 0 heterocycles. The molecule has 0 spiro atoms. The van der Waals surface area contributed by atoms with Crippen molar-refractivity contribution in [3.05, 3.63) is 29.8 Å². The Morgan fingerprint density at radius 2 is 2.00 bits per heavy atom. The minimum Gasteiger partial charge on any atom is -0.497 e. The van der Waals surface area contributed by atoms with Crippen LogP contribution in [0.5, 0.6) is 5.75 Å². The monoisotopic (exact) mass is 420 g/mol. The number of halogens is 1. The zero-order chi connectivity index (χ0) is 15.7. The molecule has 6 nitrogen and oxygen atoms in total. The fraction of sp³-hybridized carbons (Fsp3) is 0.467. The largest absolute Gasteiger partial charge is 0.497 e. The van der Waals surface area contributed by atoms with Crippen molar-refractivity contribution in [2.45, 2.75) is 13.8 Å². The second-order valence-corrected chi connectivity index (χ2v) is 5.03. The van der Waals surface area contributed by atoms with Crippen molar-refractivity contribution in [1.82, 2.24) is 10.6 Å². The van der Waals surface area contributed by atoms with Crippen molar-refractivity contribution in [2.24, 2.45) is 16.6 Å². The van der Waals surface area contributed by atoms with Gasteiger partial charge in [0.1, 0.15) is 5.75 Å². The molecule has 1 amide bonds. The van der Waals surface area contributed by atoms with E-state index in [0.717, 1.165) is 0 Å². The SMILES string of the molecule is COc1cccc(C(=O)NCCNC(N)=NCC(C)C)c1.I. The van der Waals surface area contributed by atoms with Crippen molar-refractivity contribution in [3.63, 3.8) is 0 Å². The molecule has 7 heteroatoms. The zero-order valence-electron chi connectivity index (χ0n) is 13.3. The number of carbonyl (C=O) groups excluding carboxylic acids is 1. The summed E-state index contributed by atoms with van der Waals surface area (Å²) < 4.78 is 5.08. The molecule has 1 aromatic carbocycles. The van der Waals surface area contributed by atoms with Gasteiger partial charge in [-0.25, -0.2) is 0 Å². The first-order chi connectivity index (χ1) is 10.0. The Labute approximate surface area is 148 Å². The number of amides is 1. The lowest BCUT2D eigenvalue weighted by atomic mass is 10.2. The van der Waals surface area contributed by atoms with Crippen LogP contribution in [0.1, 0.15) is 24.2 Å². The van der Waals surface area contributed by atoms with E-state index < -0.39 is 0 Å². The normalized spacial score (nSPS) is 10.8. The number of ether oxygens (including phenoxy) is 1. The highest BCUT2D eigenvalue weighted by molar-refractivity contribution is 14.0. The summed E-state index contributed by atoms with van der Waals surface area (Å²) in [5.74, 6) is 1.39. The van der Waals surface area contributed by atoms with Crippen molar-refractivity contribution in [1.29, 1.82) is 0 Å². The van der Waals surface area contributed by atoms with Crippen LogP contribution < -0.4 is 21.1 Å². The van der Waals surface area contributed by atoms with E-state index in [1.165, 1.54) is 0 Å². The van der Waals surface area contributed by atoms with E-state index in [0.29, 0.717) is 42.8 Å². The molecule has 0 aliphatic heterocycles. The highest BCUT2D eigenvalue weighted by atomic mass is 127. The van der Waals surface area contributed by atoms with Gasteiger partial charge in [-0.3, -0.25) is 9.79 Å². The molecule has 4 N–H and O–H groups in total. The Bertz CT molecular complexity index is 492. The number of aliphatic imine (C=N–C) groups is 1. The lowest BCUT2D eigenvalue weighted by molar-refractivity contribution is 0.0954. The summed E-state index contributed by atoms with van der Waals surface area (Å²) in [6.07, 6.45) is 0. The minimum atomic E-state index is -0.145. The van der Waals surface area contributed by atoms with Gasteiger partial charge in [0.15, 0.2) is 5.96 Å². The van der Waals surface area contributed by atoms with Gasteiger partial charge in [0.2, 0.25) is 0 Å². The predicted octanol–water partition coefficient (Wildman–Crippen LogP) is 1.60. The number of carbonyl (C=O) groups is 1. The molecule has 0 aliphatic carbocycles. The van der Waals surface area contributed by atoms with Crippen LogP contribution >= 0.6 is 24.0 Å². The summed E-state index contributed by atoms with van der Waals surface area (Å²) in [6, 6.07) is 7.01. The van der Waals surface area contributed by atoms with Crippen molar-refractivity contribution < 1.29 is 9.53 Å². The third-order valence-corrected chi connectivity index (χ3v) is 2.68. The highest BCUT2D eigenvalue weighted by Crippen LogP contribution is 2.11. The van der Waals surface area contributed by atoms with Gasteiger partial charge in [0.05, 0.1) is 7.11 Å². The summed E-state index contributed by atoms with van der Waals surface area (Å²) in [6.45, 7) is 5.84. The van der Waals surface area contributed by atoms with Crippen molar-refractivity contribution >= 4 is 35.8 Å². The van der Waals surface area contributed by atoms with Crippen LogP contribution in [0.4, 0.5) is 0 Å². The first-order valence-electron chi connectivity index (χ1n) is 6.99. The molecule has 1 rings (SSSR count). The van der Waals surface area contributed by atoms with Crippen LogP contribution in [-0.4, -0.2) is 38.6 Å². The van der Waals surface area contributed by atoms with Gasteiger partial charge in [-0.1, -0.05) is 19.9 Å². The molecule has 124 valence electrons. The van der Waals surface area contributed by atoms with E-state index in [-0.39, 0.29) is 29.9 Å². The van der Waals surface area contributed by atoms with Crippen molar-refractivity contribution in [3.8, 4) is 5.75 Å². The molecule has 1 aromatic rings. The van der Waals surface area contributed by atoms with Crippen LogP contribution in [0, 0.1) is 5.92 Å². The summed E-state index contributed by atoms with van der Waals surface area (Å²) in [7, 11) is 1.57. The molecule has 0 radical (unpaired) electrons. The number of benzene rings is 1. The Balaban J connectivity index is 0.00000441. The number of hydrogen-bond acceptors (Lipinski definition) is 3. The smallest absolute Gasteiger partial charge is 0.251 e. The molecular weight excluding hydrogens is 395 g/mol. The predicted molar refractivity (Wildman–Crippen MR) is 100 cm³/mol. The second-order valence-electron chi connectivity index (χ2n) is 5.03. The molecule has 0 bridgehead atoms. The van der Waals surface area contributed by atoms with Gasteiger partial charge < -0.3 is 21.1 Å². The summed E-state index contributed by atoms with van der Waals surface area (Å²) in [5.41, 5.74) is 6.26. The van der Waals surface area contributed by atoms with E-state index in [1.807, 2.05) is 0 Å². The molecular formula is C15H25IN4O2. The molecule has 0 aromatic heterocycles. The van der Waals surface area contributed by atoms with E-state index in [1.54, 1.807) is 31.4 Å². The average molecular weight is 420 g/mol. The zero-order valence-corrected chi connectivity index (χ0v) is 15.6. The van der Waals surface area contributed by atoms with Gasteiger partial charge >= 0.3 is 0 Å². The number of hydrogen-bond donors (Lipinski definition) is 3. The summed E-state index contributed by atoms with van der Waals surface area (Å²) >= 11 is 0. The van der Waals surface area contributed by atoms with E-state index in [4.69, 9.17) is 10.5 Å². The first-order valence-corrected chi connectivity index (χ1v) is 6.99. The number of nitrogens with one attached hydrogen (secondary N) is 2. The third kappa shape index (κ3) is 8.06. The molecule has 0 unspecified atom stereocenters. The van der Waals surface area contributed by atoms with Gasteiger partial charge in [0.25, 0.3) is 5.91 Å². The van der Waals surface area contributed by atoms with Gasteiger partial charge in [0, 0.05) is 25.2 Å². The first kappa shape index (κ1) is 20.5. The standard InChI is InChI=1S/C15H24N4O2.HI/c1-11(2)10-19-15(16)18-8-7-17-14(20)12-5-4-6-13(9-12)21-3;/h4-6,9,11H,7-8,10H2,1-3H3,(H,17,20)(H3,16,18,19);1H. The summed E-state index contributed by atoms with van der Waals surface area (Å²) in [5, 5.41) is 5.76. The lowest BCUT2D eigenvalue weighted by Gasteiger charge is -2.09. The number of guanidine groups is 1. The van der Waals surface area contributed by atoms with Crippen molar-refractivity contribution in [2.75, 3.05) is 26.7 Å². The van der Waals surface area contributed by atoms with Crippen LogP contribution in [0.25, 0.3) is 0 Å². The van der Waals surface area contributed by atoms with E-state index in [2.05, 4.69) is 29.5 Å². The van der Waals surface area contributed by atoms with Crippen LogP contribution in [-0.2, 0) is 0 Å². The highest BCUT2D eigenvalue weighted by Gasteiger charge is 2.05. The maximum absolute atomic E-state index is 11.9.